The molecule has 0 spiro atoms. The van der Waals surface area contributed by atoms with Gasteiger partial charge in [-0.05, 0) is 51.0 Å². The Morgan fingerprint density at radius 1 is 1.19 bits per heavy atom. The molecule has 2 rings (SSSR count). The van der Waals surface area contributed by atoms with Crippen LogP contribution in [0.3, 0.4) is 0 Å². The van der Waals surface area contributed by atoms with Crippen molar-refractivity contribution in [1.29, 1.82) is 0 Å². The van der Waals surface area contributed by atoms with Gasteiger partial charge in [-0.25, -0.2) is 0 Å². The molecule has 1 N–H and O–H groups in total. The third kappa shape index (κ3) is 3.32. The predicted octanol–water partition coefficient (Wildman–Crippen LogP) is 2.12. The first kappa shape index (κ1) is 11.6. The first-order valence-electron chi connectivity index (χ1n) is 6.29. The third-order valence-electron chi connectivity index (χ3n) is 3.45. The molecule has 0 aliphatic carbocycles. The number of nitrogens with one attached hydrogen (secondary N) is 1. The average Bonchev–Trinajstić information content (AvgIpc) is 2.33. The van der Waals surface area contributed by atoms with Crippen LogP contribution in [0.15, 0.2) is 30.3 Å². The lowest BCUT2D eigenvalue weighted by atomic mass is 9.96. The van der Waals surface area contributed by atoms with Gasteiger partial charge in [-0.3, -0.25) is 4.90 Å². The van der Waals surface area contributed by atoms with E-state index in [2.05, 4.69) is 47.6 Å². The zero-order chi connectivity index (χ0) is 11.2. The van der Waals surface area contributed by atoms with Crippen molar-refractivity contribution in [3.8, 4) is 0 Å². The Labute approximate surface area is 98.7 Å². The summed E-state index contributed by atoms with van der Waals surface area (Å²) < 4.78 is 0. The van der Waals surface area contributed by atoms with Crippen molar-refractivity contribution >= 4 is 0 Å². The molecule has 16 heavy (non-hydrogen) atoms. The van der Waals surface area contributed by atoms with E-state index in [-0.39, 0.29) is 0 Å². The molecule has 88 valence electrons. The second-order valence-corrected chi connectivity index (χ2v) is 4.76. The molecule has 0 aromatic heterocycles. The molecule has 1 aliphatic rings. The van der Waals surface area contributed by atoms with E-state index in [0.29, 0.717) is 0 Å². The Hall–Kier alpha value is -0.860. The van der Waals surface area contributed by atoms with Crippen LogP contribution in [0.25, 0.3) is 0 Å². The molecule has 0 amide bonds. The van der Waals surface area contributed by atoms with E-state index >= 15 is 0 Å². The van der Waals surface area contributed by atoms with Gasteiger partial charge in [0.05, 0.1) is 0 Å². The van der Waals surface area contributed by atoms with E-state index < -0.39 is 0 Å². The van der Waals surface area contributed by atoms with Gasteiger partial charge in [-0.2, -0.15) is 0 Å². The molecule has 0 radical (unpaired) electrons. The molecule has 1 aromatic carbocycles. The van der Waals surface area contributed by atoms with Gasteiger partial charge < -0.3 is 5.32 Å². The van der Waals surface area contributed by atoms with Crippen molar-refractivity contribution in [2.75, 3.05) is 26.7 Å². The summed E-state index contributed by atoms with van der Waals surface area (Å²) in [6, 6.07) is 10.8. The number of likely N-dealkylation sites (tertiary alicyclic amines) is 1. The topological polar surface area (TPSA) is 15.3 Å². The summed E-state index contributed by atoms with van der Waals surface area (Å²) in [6.07, 6.45) is 2.68. The summed E-state index contributed by atoms with van der Waals surface area (Å²) in [6.45, 7) is 4.80. The molecule has 1 fully saturated rings. The van der Waals surface area contributed by atoms with Crippen LogP contribution in [-0.2, 0) is 6.54 Å². The van der Waals surface area contributed by atoms with Crippen molar-refractivity contribution in [2.45, 2.75) is 19.4 Å². The summed E-state index contributed by atoms with van der Waals surface area (Å²) in [5, 5.41) is 3.28. The molecule has 2 heteroatoms. The van der Waals surface area contributed by atoms with Gasteiger partial charge >= 0.3 is 0 Å². The average molecular weight is 218 g/mol. The van der Waals surface area contributed by atoms with Gasteiger partial charge in [0.15, 0.2) is 0 Å². The fraction of sp³-hybridized carbons (Fsp3) is 0.571. The Morgan fingerprint density at radius 2 is 1.88 bits per heavy atom. The summed E-state index contributed by atoms with van der Waals surface area (Å²) >= 11 is 0. The van der Waals surface area contributed by atoms with E-state index in [0.717, 1.165) is 12.5 Å². The van der Waals surface area contributed by atoms with Gasteiger partial charge in [0.25, 0.3) is 0 Å². The predicted molar refractivity (Wildman–Crippen MR) is 68.4 cm³/mol. The monoisotopic (exact) mass is 218 g/mol. The Bertz CT molecular complexity index is 289. The molecule has 0 bridgehead atoms. The van der Waals surface area contributed by atoms with Crippen LogP contribution < -0.4 is 5.32 Å². The molecule has 1 aliphatic heterocycles. The van der Waals surface area contributed by atoms with Crippen LogP contribution in [0.2, 0.25) is 0 Å². The lowest BCUT2D eigenvalue weighted by Gasteiger charge is -2.31. The Kier molecular flexibility index (Phi) is 4.37. The fourth-order valence-electron chi connectivity index (χ4n) is 2.48. The van der Waals surface area contributed by atoms with Crippen LogP contribution in [0, 0.1) is 5.92 Å². The smallest absolute Gasteiger partial charge is 0.0233 e. The zero-order valence-corrected chi connectivity index (χ0v) is 10.2. The minimum atomic E-state index is 0.886. The lowest BCUT2D eigenvalue weighted by molar-refractivity contribution is 0.177. The van der Waals surface area contributed by atoms with Crippen LogP contribution in [-0.4, -0.2) is 31.6 Å². The SMILES string of the molecule is CNCC1CCN(Cc2ccccc2)CC1. The summed E-state index contributed by atoms with van der Waals surface area (Å²) in [4.78, 5) is 2.57. The van der Waals surface area contributed by atoms with Gasteiger partial charge in [0, 0.05) is 6.54 Å². The van der Waals surface area contributed by atoms with Crippen molar-refractivity contribution in [3.63, 3.8) is 0 Å². The summed E-state index contributed by atoms with van der Waals surface area (Å²) in [5.41, 5.74) is 1.44. The largest absolute Gasteiger partial charge is 0.319 e. The van der Waals surface area contributed by atoms with Crippen molar-refractivity contribution < 1.29 is 0 Å². The van der Waals surface area contributed by atoms with E-state index in [1.54, 1.807) is 0 Å². The molecular weight excluding hydrogens is 196 g/mol. The molecule has 0 atom stereocenters. The van der Waals surface area contributed by atoms with E-state index in [1.165, 1.54) is 38.0 Å². The van der Waals surface area contributed by atoms with Crippen LogP contribution in [0.1, 0.15) is 18.4 Å². The van der Waals surface area contributed by atoms with Crippen LogP contribution >= 0.6 is 0 Å². The second kappa shape index (κ2) is 6.02. The lowest BCUT2D eigenvalue weighted by Crippen LogP contribution is -2.36. The number of rotatable bonds is 4. The highest BCUT2D eigenvalue weighted by Crippen LogP contribution is 2.18. The summed E-state index contributed by atoms with van der Waals surface area (Å²) in [7, 11) is 2.05. The number of hydrogen-bond acceptors (Lipinski definition) is 2. The molecule has 1 aromatic rings. The first-order valence-corrected chi connectivity index (χ1v) is 6.29. The van der Waals surface area contributed by atoms with Crippen LogP contribution in [0.5, 0.6) is 0 Å². The van der Waals surface area contributed by atoms with Crippen LogP contribution in [0.4, 0.5) is 0 Å². The third-order valence-corrected chi connectivity index (χ3v) is 3.45. The zero-order valence-electron chi connectivity index (χ0n) is 10.2. The number of benzene rings is 1. The van der Waals surface area contributed by atoms with E-state index in [4.69, 9.17) is 0 Å². The minimum Gasteiger partial charge on any atom is -0.319 e. The van der Waals surface area contributed by atoms with Gasteiger partial charge in [-0.1, -0.05) is 30.3 Å². The van der Waals surface area contributed by atoms with E-state index in [1.807, 2.05) is 0 Å². The van der Waals surface area contributed by atoms with Gasteiger partial charge in [0.1, 0.15) is 0 Å². The standard InChI is InChI=1S/C14H22N2/c1-15-11-13-7-9-16(10-8-13)12-14-5-3-2-4-6-14/h2-6,13,15H,7-12H2,1H3. The second-order valence-electron chi connectivity index (χ2n) is 4.76. The van der Waals surface area contributed by atoms with Gasteiger partial charge in [-0.15, -0.1) is 0 Å². The molecule has 0 unspecified atom stereocenters. The minimum absolute atomic E-state index is 0.886. The van der Waals surface area contributed by atoms with Crippen molar-refractivity contribution in [1.82, 2.24) is 10.2 Å². The maximum Gasteiger partial charge on any atom is 0.0233 e. The van der Waals surface area contributed by atoms with Crippen molar-refractivity contribution in [2.24, 2.45) is 5.92 Å². The van der Waals surface area contributed by atoms with Crippen molar-refractivity contribution in [3.05, 3.63) is 35.9 Å². The molecule has 2 nitrogen and oxygen atoms in total. The maximum atomic E-state index is 3.28. The quantitative estimate of drug-likeness (QED) is 0.833. The molecular formula is C14H22N2. The highest BCUT2D eigenvalue weighted by molar-refractivity contribution is 5.14. The summed E-state index contributed by atoms with van der Waals surface area (Å²) in [5.74, 6) is 0.886. The molecule has 0 saturated carbocycles. The number of nitrogens with zero attached hydrogens (tertiary/aromatic N) is 1. The first-order chi connectivity index (χ1) is 7.88. The molecule has 1 saturated heterocycles. The molecule has 1 heterocycles. The Balaban J connectivity index is 1.77. The normalized spacial score (nSPS) is 18.8. The number of piperidine rings is 1. The fourth-order valence-corrected chi connectivity index (χ4v) is 2.48. The highest BCUT2D eigenvalue weighted by Gasteiger charge is 2.18. The maximum absolute atomic E-state index is 3.28. The van der Waals surface area contributed by atoms with E-state index in [9.17, 15) is 0 Å². The van der Waals surface area contributed by atoms with Gasteiger partial charge in [0.2, 0.25) is 0 Å². The number of hydrogen-bond donors (Lipinski definition) is 1. The Morgan fingerprint density at radius 3 is 2.50 bits per heavy atom. The highest BCUT2D eigenvalue weighted by atomic mass is 15.1.